The molecule has 1 saturated heterocycles. The van der Waals surface area contributed by atoms with E-state index in [9.17, 15) is 19.5 Å². The number of carbonyl (C=O) groups is 3. The molecule has 2 N–H and O–H groups in total. The van der Waals surface area contributed by atoms with Gasteiger partial charge in [-0.3, -0.25) is 14.4 Å². The molecule has 25 heavy (non-hydrogen) atoms. The Morgan fingerprint density at radius 2 is 1.96 bits per heavy atom. The van der Waals surface area contributed by atoms with Crippen LogP contribution < -0.4 is 5.32 Å². The first kappa shape index (κ1) is 17.5. The lowest BCUT2D eigenvalue weighted by Crippen LogP contribution is -2.43. The van der Waals surface area contributed by atoms with Crippen molar-refractivity contribution in [3.63, 3.8) is 0 Å². The Labute approximate surface area is 147 Å². The van der Waals surface area contributed by atoms with Gasteiger partial charge in [-0.25, -0.2) is 0 Å². The molecule has 0 aromatic heterocycles. The number of rotatable bonds is 5. The van der Waals surface area contributed by atoms with Crippen molar-refractivity contribution >= 4 is 17.8 Å². The van der Waals surface area contributed by atoms with Crippen LogP contribution in [0.3, 0.4) is 0 Å². The molecule has 3 rings (SSSR count). The summed E-state index contributed by atoms with van der Waals surface area (Å²) in [4.78, 5) is 37.9. The molecule has 1 aliphatic heterocycles. The van der Waals surface area contributed by atoms with Crippen LogP contribution in [0.1, 0.15) is 44.2 Å². The lowest BCUT2D eigenvalue weighted by Gasteiger charge is -2.25. The van der Waals surface area contributed by atoms with Gasteiger partial charge in [-0.05, 0) is 25.3 Å². The van der Waals surface area contributed by atoms with E-state index in [0.29, 0.717) is 19.4 Å². The molecular weight excluding hydrogens is 320 g/mol. The molecular formula is C19H24N2O4. The fourth-order valence-corrected chi connectivity index (χ4v) is 3.92. The summed E-state index contributed by atoms with van der Waals surface area (Å²) in [5, 5.41) is 12.1. The zero-order chi connectivity index (χ0) is 18.0. The molecule has 1 aromatic carbocycles. The maximum atomic E-state index is 12.5. The number of aliphatic carboxylic acids is 1. The van der Waals surface area contributed by atoms with Crippen LogP contribution in [0.2, 0.25) is 0 Å². The largest absolute Gasteiger partial charge is 0.481 e. The highest BCUT2D eigenvalue weighted by atomic mass is 16.4. The van der Waals surface area contributed by atoms with Crippen molar-refractivity contribution in [3.05, 3.63) is 35.9 Å². The SMILES string of the molecule is CC(c1ccccc1)N1CC(C(=O)NC2CCCC2C(=O)O)CC1=O. The molecule has 1 aromatic rings. The summed E-state index contributed by atoms with van der Waals surface area (Å²) in [5.41, 5.74) is 1.04. The summed E-state index contributed by atoms with van der Waals surface area (Å²) >= 11 is 0. The lowest BCUT2D eigenvalue weighted by atomic mass is 10.0. The third-order valence-corrected chi connectivity index (χ3v) is 5.44. The van der Waals surface area contributed by atoms with Crippen LogP contribution in [0, 0.1) is 11.8 Å². The zero-order valence-corrected chi connectivity index (χ0v) is 14.4. The second-order valence-corrected chi connectivity index (χ2v) is 7.02. The summed E-state index contributed by atoms with van der Waals surface area (Å²) in [5.74, 6) is -2.01. The fraction of sp³-hybridized carbons (Fsp3) is 0.526. The fourth-order valence-electron chi connectivity index (χ4n) is 3.92. The van der Waals surface area contributed by atoms with Crippen LogP contribution in [0.5, 0.6) is 0 Å². The maximum Gasteiger partial charge on any atom is 0.308 e. The Morgan fingerprint density at radius 1 is 1.24 bits per heavy atom. The number of nitrogens with one attached hydrogen (secondary N) is 1. The number of hydrogen-bond acceptors (Lipinski definition) is 3. The van der Waals surface area contributed by atoms with Crippen molar-refractivity contribution in [2.24, 2.45) is 11.8 Å². The minimum atomic E-state index is -0.857. The highest BCUT2D eigenvalue weighted by Gasteiger charge is 2.40. The predicted octanol–water partition coefficient (Wildman–Crippen LogP) is 1.97. The van der Waals surface area contributed by atoms with Gasteiger partial charge in [-0.2, -0.15) is 0 Å². The van der Waals surface area contributed by atoms with Gasteiger partial charge in [0, 0.05) is 19.0 Å². The molecule has 1 aliphatic carbocycles. The number of hydrogen-bond donors (Lipinski definition) is 2. The van der Waals surface area contributed by atoms with Crippen LogP contribution in [-0.2, 0) is 14.4 Å². The van der Waals surface area contributed by atoms with E-state index in [1.165, 1.54) is 0 Å². The van der Waals surface area contributed by atoms with E-state index in [2.05, 4.69) is 5.32 Å². The molecule has 0 spiro atoms. The topological polar surface area (TPSA) is 86.7 Å². The molecule has 1 heterocycles. The molecule has 6 nitrogen and oxygen atoms in total. The van der Waals surface area contributed by atoms with Crippen molar-refractivity contribution in [2.45, 2.75) is 44.7 Å². The van der Waals surface area contributed by atoms with Gasteiger partial charge in [-0.15, -0.1) is 0 Å². The highest BCUT2D eigenvalue weighted by Crippen LogP contribution is 2.30. The number of carbonyl (C=O) groups excluding carboxylic acids is 2. The Kier molecular flexibility index (Phi) is 5.06. The molecule has 0 bridgehead atoms. The van der Waals surface area contributed by atoms with Crippen molar-refractivity contribution in [2.75, 3.05) is 6.54 Å². The number of nitrogens with zero attached hydrogens (tertiary/aromatic N) is 1. The van der Waals surface area contributed by atoms with Gasteiger partial charge < -0.3 is 15.3 Å². The lowest BCUT2D eigenvalue weighted by molar-refractivity contribution is -0.142. The van der Waals surface area contributed by atoms with E-state index in [-0.39, 0.29) is 30.3 Å². The van der Waals surface area contributed by atoms with E-state index in [0.717, 1.165) is 12.0 Å². The van der Waals surface area contributed by atoms with Crippen LogP contribution in [0.25, 0.3) is 0 Å². The first-order chi connectivity index (χ1) is 12.0. The van der Waals surface area contributed by atoms with E-state index >= 15 is 0 Å². The molecule has 6 heteroatoms. The third-order valence-electron chi connectivity index (χ3n) is 5.44. The summed E-state index contributed by atoms with van der Waals surface area (Å²) < 4.78 is 0. The van der Waals surface area contributed by atoms with Gasteiger partial charge in [0.2, 0.25) is 11.8 Å². The summed E-state index contributed by atoms with van der Waals surface area (Å²) in [6.45, 7) is 2.34. The van der Waals surface area contributed by atoms with Crippen molar-refractivity contribution in [3.8, 4) is 0 Å². The normalized spacial score (nSPS) is 27.3. The van der Waals surface area contributed by atoms with E-state index in [1.807, 2.05) is 37.3 Å². The first-order valence-electron chi connectivity index (χ1n) is 8.85. The first-order valence-corrected chi connectivity index (χ1v) is 8.85. The van der Waals surface area contributed by atoms with Gasteiger partial charge in [-0.1, -0.05) is 36.8 Å². The minimum absolute atomic E-state index is 0.0299. The average Bonchev–Trinajstić information content (AvgIpc) is 3.21. The molecule has 0 radical (unpaired) electrons. The molecule has 1 saturated carbocycles. The number of carboxylic acids is 1. The Bertz CT molecular complexity index is 661. The molecule has 4 unspecified atom stereocenters. The molecule has 4 atom stereocenters. The zero-order valence-electron chi connectivity index (χ0n) is 14.4. The van der Waals surface area contributed by atoms with E-state index < -0.39 is 17.8 Å². The van der Waals surface area contributed by atoms with Crippen molar-refractivity contribution in [1.29, 1.82) is 0 Å². The smallest absolute Gasteiger partial charge is 0.308 e. The predicted molar refractivity (Wildman–Crippen MR) is 91.6 cm³/mol. The van der Waals surface area contributed by atoms with Gasteiger partial charge in [0.15, 0.2) is 0 Å². The van der Waals surface area contributed by atoms with Gasteiger partial charge in [0.1, 0.15) is 0 Å². The molecule has 2 fully saturated rings. The molecule has 134 valence electrons. The van der Waals surface area contributed by atoms with Crippen LogP contribution >= 0.6 is 0 Å². The standard InChI is InChI=1S/C19H24N2O4/c1-12(13-6-3-2-4-7-13)21-11-14(10-17(21)22)18(23)20-16-9-5-8-15(16)19(24)25/h2-4,6-7,12,14-16H,5,8-11H2,1H3,(H,20,23)(H,24,25). The quantitative estimate of drug-likeness (QED) is 0.855. The number of carboxylic acid groups (broad SMARTS) is 1. The minimum Gasteiger partial charge on any atom is -0.481 e. The number of benzene rings is 1. The second kappa shape index (κ2) is 7.25. The highest BCUT2D eigenvalue weighted by molar-refractivity contribution is 5.90. The summed E-state index contributed by atoms with van der Waals surface area (Å²) in [6.07, 6.45) is 2.28. The Hall–Kier alpha value is -2.37. The number of likely N-dealkylation sites (tertiary alicyclic amines) is 1. The van der Waals surface area contributed by atoms with Crippen LogP contribution in [0.4, 0.5) is 0 Å². The van der Waals surface area contributed by atoms with Gasteiger partial charge >= 0.3 is 5.97 Å². The second-order valence-electron chi connectivity index (χ2n) is 7.02. The summed E-state index contributed by atoms with van der Waals surface area (Å²) in [7, 11) is 0. The van der Waals surface area contributed by atoms with Gasteiger partial charge in [0.25, 0.3) is 0 Å². The van der Waals surface area contributed by atoms with Crippen LogP contribution in [-0.4, -0.2) is 40.4 Å². The van der Waals surface area contributed by atoms with Crippen molar-refractivity contribution in [1.82, 2.24) is 10.2 Å². The monoisotopic (exact) mass is 344 g/mol. The number of amides is 2. The van der Waals surface area contributed by atoms with Crippen molar-refractivity contribution < 1.29 is 19.5 Å². The van der Waals surface area contributed by atoms with E-state index in [1.54, 1.807) is 4.90 Å². The van der Waals surface area contributed by atoms with Crippen LogP contribution in [0.15, 0.2) is 30.3 Å². The summed E-state index contributed by atoms with van der Waals surface area (Å²) in [6, 6.07) is 9.35. The molecule has 2 aliphatic rings. The Morgan fingerprint density at radius 3 is 2.64 bits per heavy atom. The Balaban J connectivity index is 1.62. The molecule has 2 amide bonds. The average molecular weight is 344 g/mol. The maximum absolute atomic E-state index is 12.5. The third kappa shape index (κ3) is 3.67. The van der Waals surface area contributed by atoms with Gasteiger partial charge in [0.05, 0.1) is 17.9 Å². The van der Waals surface area contributed by atoms with E-state index in [4.69, 9.17) is 0 Å².